The lowest BCUT2D eigenvalue weighted by molar-refractivity contribution is -0.136. The van der Waals surface area contributed by atoms with Crippen molar-refractivity contribution < 1.29 is 18.7 Å². The number of hydrogen-bond acceptors (Lipinski definition) is 4. The molecular weight excluding hydrogens is 279 g/mol. The molecular formula is C15H11FO3S. The highest BCUT2D eigenvalue weighted by molar-refractivity contribution is 7.10. The number of ether oxygens (including phenoxy) is 1. The average molecular weight is 290 g/mol. The zero-order valence-electron chi connectivity index (χ0n) is 10.4. The third-order valence-corrected chi connectivity index (χ3v) is 3.28. The van der Waals surface area contributed by atoms with Crippen molar-refractivity contribution in [1.29, 1.82) is 0 Å². The van der Waals surface area contributed by atoms with Crippen LogP contribution in [0.3, 0.4) is 0 Å². The first-order chi connectivity index (χ1) is 9.65. The van der Waals surface area contributed by atoms with Crippen LogP contribution in [0.15, 0.2) is 47.9 Å². The third-order valence-electron chi connectivity index (χ3n) is 2.44. The van der Waals surface area contributed by atoms with Crippen molar-refractivity contribution in [3.05, 3.63) is 64.1 Å². The van der Waals surface area contributed by atoms with E-state index in [4.69, 9.17) is 4.74 Å². The van der Waals surface area contributed by atoms with Gasteiger partial charge in [0.05, 0.1) is 0 Å². The maximum absolute atomic E-state index is 12.7. The monoisotopic (exact) mass is 290 g/mol. The zero-order chi connectivity index (χ0) is 14.4. The van der Waals surface area contributed by atoms with Gasteiger partial charge in [-0.2, -0.15) is 0 Å². The van der Waals surface area contributed by atoms with E-state index in [1.807, 2.05) is 17.5 Å². The lowest BCUT2D eigenvalue weighted by Crippen LogP contribution is -2.12. The normalized spacial score (nSPS) is 10.7. The summed E-state index contributed by atoms with van der Waals surface area (Å²) in [5.41, 5.74) is 0.307. The van der Waals surface area contributed by atoms with Crippen molar-refractivity contribution >= 4 is 29.2 Å². The molecule has 5 heteroatoms. The van der Waals surface area contributed by atoms with Gasteiger partial charge in [-0.05, 0) is 41.8 Å². The largest absolute Gasteiger partial charge is 0.454 e. The molecule has 0 aliphatic carbocycles. The Kier molecular flexibility index (Phi) is 4.79. The lowest BCUT2D eigenvalue weighted by Gasteiger charge is -2.01. The highest BCUT2D eigenvalue weighted by Gasteiger charge is 2.08. The Morgan fingerprint density at radius 1 is 1.20 bits per heavy atom. The van der Waals surface area contributed by atoms with Crippen molar-refractivity contribution in [2.45, 2.75) is 0 Å². The average Bonchev–Trinajstić information content (AvgIpc) is 2.96. The van der Waals surface area contributed by atoms with Crippen LogP contribution >= 0.6 is 11.3 Å². The zero-order valence-corrected chi connectivity index (χ0v) is 11.2. The van der Waals surface area contributed by atoms with Gasteiger partial charge in [0.15, 0.2) is 12.4 Å². The first-order valence-electron chi connectivity index (χ1n) is 5.82. The molecule has 0 radical (unpaired) electrons. The number of Topliss-reactive ketones (excluding diaryl/α,β-unsaturated/α-hetero) is 1. The van der Waals surface area contributed by atoms with Crippen molar-refractivity contribution in [2.75, 3.05) is 6.61 Å². The second-order valence-electron chi connectivity index (χ2n) is 3.89. The molecule has 1 heterocycles. The van der Waals surface area contributed by atoms with E-state index in [0.717, 1.165) is 4.88 Å². The first kappa shape index (κ1) is 14.1. The van der Waals surface area contributed by atoms with Gasteiger partial charge in [-0.1, -0.05) is 6.07 Å². The summed E-state index contributed by atoms with van der Waals surface area (Å²) in [6.07, 6.45) is 2.89. The number of carbonyl (C=O) groups excluding carboxylic acids is 2. The Labute approximate surface area is 119 Å². The van der Waals surface area contributed by atoms with E-state index in [1.165, 1.54) is 41.7 Å². The SMILES string of the molecule is O=C(C=Cc1cccs1)OCC(=O)c1ccc(F)cc1. The number of thiophene rings is 1. The molecule has 0 unspecified atom stereocenters. The molecule has 2 rings (SSSR count). The molecule has 3 nitrogen and oxygen atoms in total. The van der Waals surface area contributed by atoms with E-state index in [9.17, 15) is 14.0 Å². The van der Waals surface area contributed by atoms with Crippen molar-refractivity contribution in [3.8, 4) is 0 Å². The molecule has 0 saturated carbocycles. The lowest BCUT2D eigenvalue weighted by atomic mass is 10.1. The molecule has 0 amide bonds. The highest BCUT2D eigenvalue weighted by atomic mass is 32.1. The van der Waals surface area contributed by atoms with Gasteiger partial charge in [0.1, 0.15) is 5.82 Å². The van der Waals surface area contributed by atoms with Gasteiger partial charge in [0.25, 0.3) is 0 Å². The number of ketones is 1. The van der Waals surface area contributed by atoms with Crippen LogP contribution in [0.4, 0.5) is 4.39 Å². The number of hydrogen-bond donors (Lipinski definition) is 0. The van der Waals surface area contributed by atoms with Crippen LogP contribution in [0.2, 0.25) is 0 Å². The van der Waals surface area contributed by atoms with Crippen LogP contribution in [0.1, 0.15) is 15.2 Å². The van der Waals surface area contributed by atoms with Crippen LogP contribution in [0.25, 0.3) is 6.08 Å². The number of rotatable bonds is 5. The van der Waals surface area contributed by atoms with Gasteiger partial charge < -0.3 is 4.74 Å². The van der Waals surface area contributed by atoms with E-state index >= 15 is 0 Å². The maximum atomic E-state index is 12.7. The highest BCUT2D eigenvalue weighted by Crippen LogP contribution is 2.10. The molecule has 0 aliphatic rings. The predicted octanol–water partition coefficient (Wildman–Crippen LogP) is 3.33. The first-order valence-corrected chi connectivity index (χ1v) is 6.70. The second-order valence-corrected chi connectivity index (χ2v) is 4.87. The van der Waals surface area contributed by atoms with Gasteiger partial charge in [-0.25, -0.2) is 9.18 Å². The number of carbonyl (C=O) groups is 2. The Morgan fingerprint density at radius 2 is 1.95 bits per heavy atom. The molecule has 0 aliphatic heterocycles. The molecule has 0 N–H and O–H groups in total. The molecule has 2 aromatic rings. The Bertz CT molecular complexity index is 615. The molecule has 1 aromatic carbocycles. The third kappa shape index (κ3) is 4.13. The van der Waals surface area contributed by atoms with Crippen LogP contribution < -0.4 is 0 Å². The summed E-state index contributed by atoms with van der Waals surface area (Å²) in [6.45, 7) is -0.362. The van der Waals surface area contributed by atoms with E-state index in [-0.39, 0.29) is 12.4 Å². The van der Waals surface area contributed by atoms with Crippen LogP contribution in [0.5, 0.6) is 0 Å². The van der Waals surface area contributed by atoms with Crippen LogP contribution in [-0.2, 0) is 9.53 Å². The predicted molar refractivity (Wildman–Crippen MR) is 75.0 cm³/mol. The van der Waals surface area contributed by atoms with Gasteiger partial charge in [-0.3, -0.25) is 4.79 Å². The van der Waals surface area contributed by atoms with Crippen LogP contribution in [0, 0.1) is 5.82 Å². The Balaban J connectivity index is 1.84. The van der Waals surface area contributed by atoms with Crippen molar-refractivity contribution in [1.82, 2.24) is 0 Å². The van der Waals surface area contributed by atoms with Gasteiger partial charge in [0, 0.05) is 16.5 Å². The van der Waals surface area contributed by atoms with Gasteiger partial charge in [-0.15, -0.1) is 11.3 Å². The Morgan fingerprint density at radius 3 is 2.60 bits per heavy atom. The summed E-state index contributed by atoms with van der Waals surface area (Å²) in [5.74, 6) is -1.38. The number of benzene rings is 1. The maximum Gasteiger partial charge on any atom is 0.331 e. The molecule has 102 valence electrons. The molecule has 0 atom stereocenters. The fourth-order valence-corrected chi connectivity index (χ4v) is 2.06. The smallest absolute Gasteiger partial charge is 0.331 e. The van der Waals surface area contributed by atoms with Crippen molar-refractivity contribution in [3.63, 3.8) is 0 Å². The fourth-order valence-electron chi connectivity index (χ4n) is 1.44. The van der Waals surface area contributed by atoms with Crippen molar-refractivity contribution in [2.24, 2.45) is 0 Å². The second kappa shape index (κ2) is 6.77. The minimum absolute atomic E-state index is 0.307. The van der Waals surface area contributed by atoms with E-state index in [2.05, 4.69) is 0 Å². The molecule has 0 fully saturated rings. The van der Waals surface area contributed by atoms with Crippen LogP contribution in [-0.4, -0.2) is 18.4 Å². The summed E-state index contributed by atoms with van der Waals surface area (Å²) < 4.78 is 17.5. The van der Waals surface area contributed by atoms with E-state index in [0.29, 0.717) is 5.56 Å². The summed E-state index contributed by atoms with van der Waals surface area (Å²) >= 11 is 1.49. The quantitative estimate of drug-likeness (QED) is 0.482. The Hall–Kier alpha value is -2.27. The summed E-state index contributed by atoms with van der Waals surface area (Å²) in [4.78, 5) is 24.0. The van der Waals surface area contributed by atoms with E-state index < -0.39 is 11.8 Å². The number of esters is 1. The van der Waals surface area contributed by atoms with Gasteiger partial charge in [0.2, 0.25) is 0 Å². The molecule has 20 heavy (non-hydrogen) atoms. The standard InChI is InChI=1S/C15H11FO3S/c16-12-5-3-11(4-6-12)14(17)10-19-15(18)8-7-13-2-1-9-20-13/h1-9H,10H2. The van der Waals surface area contributed by atoms with Gasteiger partial charge >= 0.3 is 5.97 Å². The molecule has 0 saturated heterocycles. The summed E-state index contributed by atoms with van der Waals surface area (Å²) in [7, 11) is 0. The minimum Gasteiger partial charge on any atom is -0.454 e. The minimum atomic E-state index is -0.589. The molecule has 0 spiro atoms. The topological polar surface area (TPSA) is 43.4 Å². The summed E-state index contributed by atoms with van der Waals surface area (Å²) in [5, 5.41) is 1.89. The fraction of sp³-hybridized carbons (Fsp3) is 0.0667. The molecule has 0 bridgehead atoms. The molecule has 1 aromatic heterocycles. The summed E-state index contributed by atoms with van der Waals surface area (Å²) in [6, 6.07) is 8.81. The van der Waals surface area contributed by atoms with E-state index in [1.54, 1.807) is 6.08 Å². The number of halogens is 1.